The average Bonchev–Trinajstić information content (AvgIpc) is 2.99. The zero-order chi connectivity index (χ0) is 20.5. The van der Waals surface area contributed by atoms with Crippen molar-refractivity contribution in [3.8, 4) is 11.5 Å². The molecule has 0 atom stereocenters. The smallest absolute Gasteiger partial charge is 0.238 e. The molecule has 3 aromatic rings. The Morgan fingerprint density at radius 1 is 1.14 bits per heavy atom. The molecule has 28 heavy (non-hydrogen) atoms. The summed E-state index contributed by atoms with van der Waals surface area (Å²) in [6.45, 7) is 5.30. The minimum Gasteiger partial charge on any atom is -0.441 e. The molecular formula is C20H21N3O4S. The number of aryl methyl sites for hydroxylation is 2. The molecule has 0 fully saturated rings. The Bertz CT molecular complexity index is 1140. The predicted octanol–water partition coefficient (Wildman–Crippen LogP) is 3.10. The zero-order valence-electron chi connectivity index (χ0n) is 15.8. The van der Waals surface area contributed by atoms with Crippen LogP contribution >= 0.6 is 0 Å². The summed E-state index contributed by atoms with van der Waals surface area (Å²) in [5.41, 5.74) is 3.23. The van der Waals surface area contributed by atoms with Crippen LogP contribution in [0.1, 0.15) is 22.6 Å². The first kappa shape index (κ1) is 19.8. The van der Waals surface area contributed by atoms with E-state index in [1.54, 1.807) is 20.8 Å². The predicted molar refractivity (Wildman–Crippen MR) is 106 cm³/mol. The van der Waals surface area contributed by atoms with Crippen molar-refractivity contribution in [2.75, 3.05) is 5.32 Å². The SMILES string of the molecule is Cc1cc(S(N)(=O)=O)cc(NC(=O)Cc2nc(-c3ccccc3)oc2C)c1C. The number of hydrogen-bond donors (Lipinski definition) is 2. The minimum atomic E-state index is -3.87. The molecule has 0 aliphatic rings. The molecule has 1 heterocycles. The van der Waals surface area contributed by atoms with Crippen molar-refractivity contribution < 1.29 is 17.6 Å². The Morgan fingerprint density at radius 2 is 1.82 bits per heavy atom. The van der Waals surface area contributed by atoms with Crippen molar-refractivity contribution in [1.82, 2.24) is 4.98 Å². The van der Waals surface area contributed by atoms with Crippen molar-refractivity contribution in [2.24, 2.45) is 5.14 Å². The standard InChI is InChI=1S/C20H21N3O4S/c1-12-9-16(28(21,25)26)10-17(13(12)2)22-19(24)11-18-14(3)27-20(23-18)15-7-5-4-6-8-15/h4-10H,11H2,1-3H3,(H,22,24)(H2,21,25,26). The highest BCUT2D eigenvalue weighted by molar-refractivity contribution is 7.89. The average molecular weight is 399 g/mol. The van der Waals surface area contributed by atoms with E-state index < -0.39 is 10.0 Å². The van der Waals surface area contributed by atoms with E-state index in [1.807, 2.05) is 30.3 Å². The number of rotatable bonds is 5. The van der Waals surface area contributed by atoms with Crippen LogP contribution in [-0.2, 0) is 21.2 Å². The second-order valence-electron chi connectivity index (χ2n) is 6.57. The van der Waals surface area contributed by atoms with Gasteiger partial charge in [0.2, 0.25) is 21.8 Å². The maximum atomic E-state index is 12.5. The van der Waals surface area contributed by atoms with Gasteiger partial charge in [-0.3, -0.25) is 4.79 Å². The monoisotopic (exact) mass is 399 g/mol. The molecule has 1 aromatic heterocycles. The van der Waals surface area contributed by atoms with Gasteiger partial charge in [-0.25, -0.2) is 18.5 Å². The lowest BCUT2D eigenvalue weighted by atomic mass is 10.1. The maximum absolute atomic E-state index is 12.5. The van der Waals surface area contributed by atoms with Crippen LogP contribution in [0.3, 0.4) is 0 Å². The topological polar surface area (TPSA) is 115 Å². The van der Waals surface area contributed by atoms with Crippen molar-refractivity contribution >= 4 is 21.6 Å². The van der Waals surface area contributed by atoms with Crippen LogP contribution in [0.4, 0.5) is 5.69 Å². The third kappa shape index (κ3) is 4.29. The van der Waals surface area contributed by atoms with Gasteiger partial charge in [-0.05, 0) is 56.2 Å². The fraction of sp³-hybridized carbons (Fsp3) is 0.200. The minimum absolute atomic E-state index is 0.000255. The molecule has 0 saturated carbocycles. The lowest BCUT2D eigenvalue weighted by Crippen LogP contribution is -2.18. The number of nitrogens with zero attached hydrogens (tertiary/aromatic N) is 1. The molecule has 7 nitrogen and oxygen atoms in total. The summed E-state index contributed by atoms with van der Waals surface area (Å²) in [7, 11) is -3.87. The van der Waals surface area contributed by atoms with Gasteiger partial charge in [0.05, 0.1) is 17.0 Å². The van der Waals surface area contributed by atoms with E-state index in [9.17, 15) is 13.2 Å². The van der Waals surface area contributed by atoms with E-state index in [4.69, 9.17) is 9.56 Å². The molecule has 0 aliphatic carbocycles. The van der Waals surface area contributed by atoms with Gasteiger partial charge in [0.15, 0.2) is 0 Å². The molecule has 3 N–H and O–H groups in total. The normalized spacial score (nSPS) is 11.4. The van der Waals surface area contributed by atoms with Gasteiger partial charge in [-0.2, -0.15) is 0 Å². The molecule has 0 bridgehead atoms. The summed E-state index contributed by atoms with van der Waals surface area (Å²) < 4.78 is 29.0. The molecule has 0 spiro atoms. The molecule has 8 heteroatoms. The number of amides is 1. The van der Waals surface area contributed by atoms with Crippen LogP contribution in [0.15, 0.2) is 51.8 Å². The molecule has 3 rings (SSSR count). The van der Waals surface area contributed by atoms with Gasteiger partial charge in [0.1, 0.15) is 5.76 Å². The Kier molecular flexibility index (Phi) is 5.35. The second-order valence-corrected chi connectivity index (χ2v) is 8.13. The quantitative estimate of drug-likeness (QED) is 0.684. The fourth-order valence-electron chi connectivity index (χ4n) is 2.76. The summed E-state index contributed by atoms with van der Waals surface area (Å²) in [5, 5.41) is 7.96. The summed E-state index contributed by atoms with van der Waals surface area (Å²) in [4.78, 5) is 16.9. The number of sulfonamides is 1. The highest BCUT2D eigenvalue weighted by atomic mass is 32.2. The van der Waals surface area contributed by atoms with E-state index in [-0.39, 0.29) is 17.2 Å². The summed E-state index contributed by atoms with van der Waals surface area (Å²) >= 11 is 0. The van der Waals surface area contributed by atoms with Gasteiger partial charge in [0, 0.05) is 11.3 Å². The van der Waals surface area contributed by atoms with Crippen LogP contribution in [-0.4, -0.2) is 19.3 Å². The lowest BCUT2D eigenvalue weighted by molar-refractivity contribution is -0.115. The Hall–Kier alpha value is -2.97. The molecule has 0 saturated heterocycles. The third-order valence-corrected chi connectivity index (χ3v) is 5.38. The molecule has 1 amide bonds. The number of benzene rings is 2. The van der Waals surface area contributed by atoms with E-state index in [0.717, 1.165) is 11.1 Å². The van der Waals surface area contributed by atoms with Crippen LogP contribution in [0.2, 0.25) is 0 Å². The Labute approximate surface area is 163 Å². The number of carbonyl (C=O) groups is 1. The van der Waals surface area contributed by atoms with Crippen molar-refractivity contribution in [2.45, 2.75) is 32.1 Å². The number of nitrogens with one attached hydrogen (secondary N) is 1. The number of anilines is 1. The number of hydrogen-bond acceptors (Lipinski definition) is 5. The van der Waals surface area contributed by atoms with Crippen LogP contribution in [0, 0.1) is 20.8 Å². The Balaban J connectivity index is 1.82. The van der Waals surface area contributed by atoms with Crippen LogP contribution in [0.25, 0.3) is 11.5 Å². The molecule has 0 unspecified atom stereocenters. The fourth-order valence-corrected chi connectivity index (χ4v) is 3.39. The third-order valence-electron chi connectivity index (χ3n) is 4.48. The molecule has 0 aliphatic heterocycles. The number of oxazole rings is 1. The first-order valence-corrected chi connectivity index (χ1v) is 10.2. The summed E-state index contributed by atoms with van der Waals surface area (Å²) in [6, 6.07) is 12.2. The van der Waals surface area contributed by atoms with Crippen LogP contribution < -0.4 is 10.5 Å². The van der Waals surface area contributed by atoms with E-state index >= 15 is 0 Å². The highest BCUT2D eigenvalue weighted by Crippen LogP contribution is 2.25. The molecule has 146 valence electrons. The van der Waals surface area contributed by atoms with Gasteiger partial charge in [-0.15, -0.1) is 0 Å². The lowest BCUT2D eigenvalue weighted by Gasteiger charge is -2.12. The first-order chi connectivity index (χ1) is 13.1. The number of carbonyl (C=O) groups excluding carboxylic acids is 1. The summed E-state index contributed by atoms with van der Waals surface area (Å²) in [5.74, 6) is 0.675. The molecule has 0 radical (unpaired) electrons. The van der Waals surface area contributed by atoms with E-state index in [0.29, 0.717) is 28.6 Å². The Morgan fingerprint density at radius 3 is 2.46 bits per heavy atom. The van der Waals surface area contributed by atoms with Gasteiger partial charge in [0.25, 0.3) is 0 Å². The molecular weight excluding hydrogens is 378 g/mol. The first-order valence-electron chi connectivity index (χ1n) is 8.61. The van der Waals surface area contributed by atoms with Crippen molar-refractivity contribution in [3.05, 3.63) is 65.0 Å². The van der Waals surface area contributed by atoms with Gasteiger partial charge < -0.3 is 9.73 Å². The highest BCUT2D eigenvalue weighted by Gasteiger charge is 2.17. The number of aromatic nitrogens is 1. The number of nitrogens with two attached hydrogens (primary N) is 1. The van der Waals surface area contributed by atoms with E-state index in [2.05, 4.69) is 10.3 Å². The maximum Gasteiger partial charge on any atom is 0.238 e. The largest absolute Gasteiger partial charge is 0.441 e. The second kappa shape index (κ2) is 7.57. The zero-order valence-corrected chi connectivity index (χ0v) is 16.6. The van der Waals surface area contributed by atoms with Gasteiger partial charge in [-0.1, -0.05) is 18.2 Å². The van der Waals surface area contributed by atoms with E-state index in [1.165, 1.54) is 12.1 Å². The van der Waals surface area contributed by atoms with Gasteiger partial charge >= 0.3 is 0 Å². The van der Waals surface area contributed by atoms with Crippen molar-refractivity contribution in [1.29, 1.82) is 0 Å². The van der Waals surface area contributed by atoms with Crippen molar-refractivity contribution in [3.63, 3.8) is 0 Å². The molecule has 2 aromatic carbocycles. The van der Waals surface area contributed by atoms with Crippen LogP contribution in [0.5, 0.6) is 0 Å². The summed E-state index contributed by atoms with van der Waals surface area (Å²) in [6.07, 6.45) is 0.000255. The number of primary sulfonamides is 1.